The van der Waals surface area contributed by atoms with Crippen LogP contribution in [0.25, 0.3) is 39.5 Å². The molecule has 5 rings (SSSR count). The van der Waals surface area contributed by atoms with Gasteiger partial charge in [-0.2, -0.15) is 5.10 Å². The maximum Gasteiger partial charge on any atom is 0.167 e. The second-order valence-electron chi connectivity index (χ2n) is 6.88. The number of halogens is 3. The molecule has 152 valence electrons. The van der Waals surface area contributed by atoms with Gasteiger partial charge in [-0.3, -0.25) is 0 Å². The summed E-state index contributed by atoms with van der Waals surface area (Å²) in [7, 11) is 0. The molecule has 0 amide bonds. The van der Waals surface area contributed by atoms with Crippen molar-refractivity contribution in [2.24, 2.45) is 0 Å². The molecule has 0 aliphatic rings. The van der Waals surface area contributed by atoms with Gasteiger partial charge in [-0.15, -0.1) is 0 Å². The van der Waals surface area contributed by atoms with Gasteiger partial charge in [-0.25, -0.2) is 9.07 Å². The second-order valence-corrected chi connectivity index (χ2v) is 7.70. The van der Waals surface area contributed by atoms with E-state index in [0.29, 0.717) is 27.2 Å². The lowest BCUT2D eigenvalue weighted by Crippen LogP contribution is -1.94. The number of para-hydroxylation sites is 1. The smallest absolute Gasteiger partial charge is 0.167 e. The number of hydrogen-bond acceptors (Lipinski definition) is 3. The fourth-order valence-electron chi connectivity index (χ4n) is 3.28. The number of hydrogen-bond donors (Lipinski definition) is 0. The molecule has 0 fully saturated rings. The lowest BCUT2D eigenvalue weighted by atomic mass is 10.1. The van der Waals surface area contributed by atoms with Crippen LogP contribution in [0.4, 0.5) is 4.39 Å². The van der Waals surface area contributed by atoms with Crippen LogP contribution in [0.15, 0.2) is 89.6 Å². The molecule has 31 heavy (non-hydrogen) atoms. The number of rotatable bonds is 4. The van der Waals surface area contributed by atoms with Crippen molar-refractivity contribution in [3.63, 3.8) is 0 Å². The van der Waals surface area contributed by atoms with Crippen LogP contribution in [0, 0.1) is 5.82 Å². The van der Waals surface area contributed by atoms with E-state index in [1.165, 1.54) is 12.1 Å². The molecule has 0 bridgehead atoms. The maximum atomic E-state index is 13.5. The standard InChI is InChI=1S/C24H14Cl2FN3O/c25-20-11-8-16(12-21(20)26)23-13-22(29-31-23)19-14-30(18-4-2-1-3-5-18)28-24(19)15-6-9-17(27)10-7-15/h1-14H. The summed E-state index contributed by atoms with van der Waals surface area (Å²) < 4.78 is 20.8. The zero-order valence-electron chi connectivity index (χ0n) is 16.0. The van der Waals surface area contributed by atoms with Gasteiger partial charge in [0, 0.05) is 23.4 Å². The first-order valence-electron chi connectivity index (χ1n) is 9.42. The first kappa shape index (κ1) is 19.5. The molecule has 2 heterocycles. The van der Waals surface area contributed by atoms with Crippen LogP contribution in [-0.2, 0) is 0 Å². The van der Waals surface area contributed by atoms with Crippen molar-refractivity contribution in [1.29, 1.82) is 0 Å². The molecule has 5 aromatic rings. The van der Waals surface area contributed by atoms with E-state index in [1.807, 2.05) is 48.7 Å². The Bertz CT molecular complexity index is 1360. The second kappa shape index (κ2) is 8.02. The minimum atomic E-state index is -0.309. The zero-order valence-corrected chi connectivity index (χ0v) is 17.5. The highest BCUT2D eigenvalue weighted by atomic mass is 35.5. The van der Waals surface area contributed by atoms with Gasteiger partial charge < -0.3 is 4.52 Å². The molecule has 7 heteroatoms. The highest BCUT2D eigenvalue weighted by Gasteiger charge is 2.18. The van der Waals surface area contributed by atoms with Gasteiger partial charge >= 0.3 is 0 Å². The topological polar surface area (TPSA) is 43.9 Å². The molecule has 0 aliphatic carbocycles. The van der Waals surface area contributed by atoms with Gasteiger partial charge in [-0.05, 0) is 54.6 Å². The summed E-state index contributed by atoms with van der Waals surface area (Å²) in [6.07, 6.45) is 1.88. The summed E-state index contributed by atoms with van der Waals surface area (Å²) in [5.74, 6) is 0.238. The van der Waals surface area contributed by atoms with Gasteiger partial charge in [0.25, 0.3) is 0 Å². The lowest BCUT2D eigenvalue weighted by Gasteiger charge is -2.00. The number of nitrogens with zero attached hydrogens (tertiary/aromatic N) is 3. The summed E-state index contributed by atoms with van der Waals surface area (Å²) in [5, 5.41) is 9.88. The normalized spacial score (nSPS) is 11.1. The molecule has 0 radical (unpaired) electrons. The van der Waals surface area contributed by atoms with Gasteiger partial charge in [0.05, 0.1) is 21.3 Å². The van der Waals surface area contributed by atoms with E-state index in [0.717, 1.165) is 22.4 Å². The van der Waals surface area contributed by atoms with E-state index < -0.39 is 0 Å². The Hall–Kier alpha value is -3.41. The third-order valence-corrected chi connectivity index (χ3v) is 5.58. The summed E-state index contributed by atoms with van der Waals surface area (Å²) in [4.78, 5) is 0. The van der Waals surface area contributed by atoms with Crippen LogP contribution in [0.2, 0.25) is 10.0 Å². The quantitative estimate of drug-likeness (QED) is 0.288. The molecule has 0 unspecified atom stereocenters. The van der Waals surface area contributed by atoms with Crippen molar-refractivity contribution in [2.75, 3.05) is 0 Å². The highest BCUT2D eigenvalue weighted by Crippen LogP contribution is 2.35. The monoisotopic (exact) mass is 449 g/mol. The average Bonchev–Trinajstić information content (AvgIpc) is 3.44. The van der Waals surface area contributed by atoms with Crippen molar-refractivity contribution in [2.45, 2.75) is 0 Å². The van der Waals surface area contributed by atoms with Gasteiger partial charge in [-0.1, -0.05) is 46.6 Å². The molecule has 0 saturated heterocycles. The third kappa shape index (κ3) is 3.85. The SMILES string of the molecule is Fc1ccc(-c2nn(-c3ccccc3)cc2-c2cc(-c3ccc(Cl)c(Cl)c3)on2)cc1. The highest BCUT2D eigenvalue weighted by molar-refractivity contribution is 6.42. The van der Waals surface area contributed by atoms with Crippen LogP contribution in [0.3, 0.4) is 0 Å². The van der Waals surface area contributed by atoms with Crippen LogP contribution >= 0.6 is 23.2 Å². The average molecular weight is 450 g/mol. The van der Waals surface area contributed by atoms with Crippen molar-refractivity contribution in [3.8, 4) is 39.5 Å². The Morgan fingerprint density at radius 3 is 2.29 bits per heavy atom. The fraction of sp³-hybridized carbons (Fsp3) is 0. The summed E-state index contributed by atoms with van der Waals surface area (Å²) >= 11 is 12.2. The van der Waals surface area contributed by atoms with Crippen molar-refractivity contribution in [1.82, 2.24) is 14.9 Å². The maximum absolute atomic E-state index is 13.5. The Morgan fingerprint density at radius 2 is 1.55 bits per heavy atom. The van der Waals surface area contributed by atoms with Crippen LogP contribution in [0.1, 0.15) is 0 Å². The Morgan fingerprint density at radius 1 is 0.806 bits per heavy atom. The van der Waals surface area contributed by atoms with Crippen LogP contribution < -0.4 is 0 Å². The van der Waals surface area contributed by atoms with Crippen molar-refractivity contribution in [3.05, 3.63) is 101 Å². The van der Waals surface area contributed by atoms with Crippen molar-refractivity contribution < 1.29 is 8.91 Å². The van der Waals surface area contributed by atoms with E-state index in [1.54, 1.807) is 28.9 Å². The molecular weight excluding hydrogens is 436 g/mol. The first-order valence-corrected chi connectivity index (χ1v) is 10.2. The van der Waals surface area contributed by atoms with Gasteiger partial charge in [0.2, 0.25) is 0 Å². The Labute approximate surface area is 187 Å². The first-order chi connectivity index (χ1) is 15.1. The lowest BCUT2D eigenvalue weighted by molar-refractivity contribution is 0.435. The fourth-order valence-corrected chi connectivity index (χ4v) is 3.58. The Balaban J connectivity index is 1.62. The molecule has 0 atom stereocenters. The summed E-state index contributed by atoms with van der Waals surface area (Å²) in [5.41, 5.74) is 4.44. The van der Waals surface area contributed by atoms with Gasteiger partial charge in [0.15, 0.2) is 5.76 Å². The zero-order chi connectivity index (χ0) is 21.4. The minimum absolute atomic E-state index is 0.309. The minimum Gasteiger partial charge on any atom is -0.356 e. The van der Waals surface area contributed by atoms with Crippen LogP contribution in [0.5, 0.6) is 0 Å². The van der Waals surface area contributed by atoms with E-state index in [2.05, 4.69) is 5.16 Å². The third-order valence-electron chi connectivity index (χ3n) is 4.84. The largest absolute Gasteiger partial charge is 0.356 e. The van der Waals surface area contributed by atoms with E-state index in [-0.39, 0.29) is 5.82 Å². The molecule has 2 aromatic heterocycles. The molecule has 0 spiro atoms. The predicted molar refractivity (Wildman–Crippen MR) is 120 cm³/mol. The van der Waals surface area contributed by atoms with E-state index >= 15 is 0 Å². The Kier molecular flexibility index (Phi) is 5.06. The molecule has 4 nitrogen and oxygen atoms in total. The summed E-state index contributed by atoms with van der Waals surface area (Å²) in [6.45, 7) is 0. The molecule has 0 aliphatic heterocycles. The van der Waals surface area contributed by atoms with E-state index in [4.69, 9.17) is 32.8 Å². The van der Waals surface area contributed by atoms with E-state index in [9.17, 15) is 4.39 Å². The molecular formula is C24H14Cl2FN3O. The van der Waals surface area contributed by atoms with Crippen LogP contribution in [-0.4, -0.2) is 14.9 Å². The van der Waals surface area contributed by atoms with Gasteiger partial charge in [0.1, 0.15) is 17.2 Å². The molecule has 0 saturated carbocycles. The predicted octanol–water partition coefficient (Wildman–Crippen LogP) is 7.31. The number of benzene rings is 3. The molecule has 0 N–H and O–H groups in total. The summed E-state index contributed by atoms with van der Waals surface area (Å²) in [6, 6.07) is 23.0. The van der Waals surface area contributed by atoms with Crippen molar-refractivity contribution >= 4 is 23.2 Å². The molecule has 3 aromatic carbocycles. The number of aromatic nitrogens is 3.